The zero-order chi connectivity index (χ0) is 18.5. The van der Waals surface area contributed by atoms with E-state index in [-0.39, 0.29) is 5.75 Å². The van der Waals surface area contributed by atoms with Gasteiger partial charge in [0.15, 0.2) is 0 Å². The summed E-state index contributed by atoms with van der Waals surface area (Å²) in [6.45, 7) is 0. The van der Waals surface area contributed by atoms with Crippen molar-refractivity contribution in [3.05, 3.63) is 70.7 Å². The van der Waals surface area contributed by atoms with Crippen LogP contribution < -0.4 is 10.7 Å². The van der Waals surface area contributed by atoms with E-state index in [1.807, 2.05) is 30.3 Å². The Morgan fingerprint density at radius 1 is 1.00 bits per heavy atom. The first kappa shape index (κ1) is 17.6. The van der Waals surface area contributed by atoms with Gasteiger partial charge in [0, 0.05) is 21.1 Å². The summed E-state index contributed by atoms with van der Waals surface area (Å²) in [7, 11) is 0. The van der Waals surface area contributed by atoms with Gasteiger partial charge in [-0.1, -0.05) is 52.3 Å². The number of phenols is 1. The molecule has 3 aromatic carbocycles. The molecule has 3 aromatic rings. The number of fused-ring (bicyclic) bond motifs is 1. The van der Waals surface area contributed by atoms with Crippen LogP contribution in [0.2, 0.25) is 0 Å². The third-order valence-electron chi connectivity index (χ3n) is 3.60. The van der Waals surface area contributed by atoms with E-state index >= 15 is 0 Å². The molecule has 26 heavy (non-hydrogen) atoms. The van der Waals surface area contributed by atoms with E-state index in [1.54, 1.807) is 24.3 Å². The van der Waals surface area contributed by atoms with Gasteiger partial charge in [0.25, 0.3) is 0 Å². The number of anilines is 1. The smallest absolute Gasteiger partial charge is 0.329 e. The van der Waals surface area contributed by atoms with Crippen LogP contribution in [0.4, 0.5) is 5.69 Å². The van der Waals surface area contributed by atoms with Gasteiger partial charge in [-0.25, -0.2) is 5.43 Å². The summed E-state index contributed by atoms with van der Waals surface area (Å²) in [5, 5.41) is 17.8. The topological polar surface area (TPSA) is 90.8 Å². The number of halogens is 1. The lowest BCUT2D eigenvalue weighted by atomic mass is 10.1. The Morgan fingerprint density at radius 2 is 1.77 bits per heavy atom. The first-order valence-electron chi connectivity index (χ1n) is 7.65. The van der Waals surface area contributed by atoms with Gasteiger partial charge < -0.3 is 10.4 Å². The molecule has 0 spiro atoms. The van der Waals surface area contributed by atoms with Gasteiger partial charge in [0.05, 0.1) is 6.21 Å². The highest BCUT2D eigenvalue weighted by Crippen LogP contribution is 2.23. The van der Waals surface area contributed by atoms with Crippen molar-refractivity contribution in [2.75, 3.05) is 5.32 Å². The van der Waals surface area contributed by atoms with Crippen LogP contribution in [0, 0.1) is 0 Å². The third-order valence-corrected chi connectivity index (χ3v) is 4.10. The molecule has 0 saturated carbocycles. The minimum Gasteiger partial charge on any atom is -0.507 e. The zero-order valence-electron chi connectivity index (χ0n) is 13.4. The minimum atomic E-state index is -0.913. The average molecular weight is 412 g/mol. The molecule has 0 bridgehead atoms. The number of hydrazone groups is 1. The number of amides is 2. The molecule has 0 aliphatic rings. The fraction of sp³-hybridized carbons (Fsp3) is 0. The molecule has 0 aromatic heterocycles. The molecule has 130 valence electrons. The first-order chi connectivity index (χ1) is 12.5. The number of hydrogen-bond acceptors (Lipinski definition) is 4. The van der Waals surface area contributed by atoms with Crippen LogP contribution in [0.15, 0.2) is 70.2 Å². The number of nitrogens with one attached hydrogen (secondary N) is 2. The van der Waals surface area contributed by atoms with E-state index in [4.69, 9.17) is 0 Å². The Bertz CT molecular complexity index is 1010. The number of hydrogen-bond donors (Lipinski definition) is 3. The normalized spacial score (nSPS) is 10.8. The number of benzene rings is 3. The molecular formula is C19H14BrN3O3. The maximum atomic E-state index is 12.1. The van der Waals surface area contributed by atoms with Gasteiger partial charge in [-0.05, 0) is 29.7 Å². The van der Waals surface area contributed by atoms with Crippen molar-refractivity contribution in [2.45, 2.75) is 0 Å². The molecule has 0 aliphatic carbocycles. The van der Waals surface area contributed by atoms with Crippen molar-refractivity contribution in [1.29, 1.82) is 0 Å². The number of carbonyl (C=O) groups is 2. The minimum absolute atomic E-state index is 0.00593. The van der Waals surface area contributed by atoms with Crippen molar-refractivity contribution < 1.29 is 14.7 Å². The molecule has 0 atom stereocenters. The van der Waals surface area contributed by atoms with Crippen LogP contribution >= 0.6 is 15.9 Å². The third kappa shape index (κ3) is 4.07. The number of nitrogens with zero attached hydrogens (tertiary/aromatic N) is 1. The summed E-state index contributed by atoms with van der Waals surface area (Å²) in [4.78, 5) is 24.0. The number of rotatable bonds is 3. The fourth-order valence-corrected chi connectivity index (χ4v) is 2.73. The summed E-state index contributed by atoms with van der Waals surface area (Å²) in [5.41, 5.74) is 3.07. The second-order valence-electron chi connectivity index (χ2n) is 5.38. The van der Waals surface area contributed by atoms with E-state index in [9.17, 15) is 14.7 Å². The van der Waals surface area contributed by atoms with Crippen LogP contribution in [0.3, 0.4) is 0 Å². The summed E-state index contributed by atoms with van der Waals surface area (Å²) >= 11 is 3.27. The van der Waals surface area contributed by atoms with Crippen molar-refractivity contribution in [1.82, 2.24) is 5.43 Å². The van der Waals surface area contributed by atoms with Gasteiger partial charge in [-0.2, -0.15) is 5.10 Å². The van der Waals surface area contributed by atoms with Crippen molar-refractivity contribution in [2.24, 2.45) is 5.10 Å². The van der Waals surface area contributed by atoms with E-state index in [2.05, 4.69) is 31.8 Å². The number of phenolic OH excluding ortho intramolecular Hbond substituents is 1. The molecule has 0 heterocycles. The van der Waals surface area contributed by atoms with Crippen LogP contribution in [0.1, 0.15) is 5.56 Å². The molecular weight excluding hydrogens is 398 g/mol. The van der Waals surface area contributed by atoms with Crippen LogP contribution in [-0.4, -0.2) is 23.1 Å². The highest BCUT2D eigenvalue weighted by molar-refractivity contribution is 9.10. The van der Waals surface area contributed by atoms with E-state index in [1.165, 1.54) is 12.3 Å². The maximum Gasteiger partial charge on any atom is 0.329 e. The molecule has 6 nitrogen and oxygen atoms in total. The Balaban J connectivity index is 1.67. The van der Waals surface area contributed by atoms with Crippen molar-refractivity contribution in [3.63, 3.8) is 0 Å². The Kier molecular flexibility index (Phi) is 5.28. The van der Waals surface area contributed by atoms with Gasteiger partial charge in [-0.3, -0.25) is 9.59 Å². The summed E-state index contributed by atoms with van der Waals surface area (Å²) in [6, 6.07) is 17.7. The Morgan fingerprint density at radius 3 is 2.62 bits per heavy atom. The predicted molar refractivity (Wildman–Crippen MR) is 104 cm³/mol. The van der Waals surface area contributed by atoms with Crippen LogP contribution in [0.25, 0.3) is 10.8 Å². The molecule has 7 heteroatoms. The zero-order valence-corrected chi connectivity index (χ0v) is 15.0. The number of carbonyl (C=O) groups excluding carboxylic acids is 2. The lowest BCUT2D eigenvalue weighted by Crippen LogP contribution is -2.32. The molecule has 3 rings (SSSR count). The average Bonchev–Trinajstić information content (AvgIpc) is 2.64. The molecule has 2 amide bonds. The van der Waals surface area contributed by atoms with Crippen LogP contribution in [0.5, 0.6) is 5.75 Å². The van der Waals surface area contributed by atoms with Crippen molar-refractivity contribution in [3.8, 4) is 5.75 Å². The molecule has 0 saturated heterocycles. The Labute approximate surface area is 157 Å². The highest BCUT2D eigenvalue weighted by atomic mass is 79.9. The highest BCUT2D eigenvalue weighted by Gasteiger charge is 2.14. The lowest BCUT2D eigenvalue weighted by Gasteiger charge is -2.07. The monoisotopic (exact) mass is 411 g/mol. The lowest BCUT2D eigenvalue weighted by molar-refractivity contribution is -0.136. The Hall–Kier alpha value is -3.19. The molecule has 0 radical (unpaired) electrons. The van der Waals surface area contributed by atoms with Gasteiger partial charge >= 0.3 is 11.8 Å². The fourth-order valence-electron chi connectivity index (χ4n) is 2.35. The van der Waals surface area contributed by atoms with Crippen molar-refractivity contribution >= 4 is 50.4 Å². The molecule has 0 fully saturated rings. The van der Waals surface area contributed by atoms with Gasteiger partial charge in [0.2, 0.25) is 0 Å². The largest absolute Gasteiger partial charge is 0.507 e. The predicted octanol–water partition coefficient (Wildman–Crippen LogP) is 3.40. The maximum absolute atomic E-state index is 12.1. The quantitative estimate of drug-likeness (QED) is 0.350. The SMILES string of the molecule is O=C(NN=Cc1cc(Br)ccc1O)C(=O)Nc1cccc2ccccc12. The van der Waals surface area contributed by atoms with E-state index < -0.39 is 11.8 Å². The summed E-state index contributed by atoms with van der Waals surface area (Å²) < 4.78 is 0.747. The van der Waals surface area contributed by atoms with Gasteiger partial charge in [0.1, 0.15) is 5.75 Å². The standard InChI is InChI=1S/C19H14BrN3O3/c20-14-8-9-17(24)13(10-14)11-21-23-19(26)18(25)22-16-7-3-5-12-4-1-2-6-15(12)16/h1-11,24H,(H,22,25)(H,23,26). The molecule has 0 unspecified atom stereocenters. The van der Waals surface area contributed by atoms with E-state index in [0.29, 0.717) is 11.3 Å². The number of aromatic hydroxyl groups is 1. The second kappa shape index (κ2) is 7.79. The van der Waals surface area contributed by atoms with Gasteiger partial charge in [-0.15, -0.1) is 0 Å². The first-order valence-corrected chi connectivity index (χ1v) is 8.44. The summed E-state index contributed by atoms with van der Waals surface area (Å²) in [6.07, 6.45) is 1.25. The summed E-state index contributed by atoms with van der Waals surface area (Å²) in [5.74, 6) is -1.74. The molecule has 0 aliphatic heterocycles. The molecule has 3 N–H and O–H groups in total. The second-order valence-corrected chi connectivity index (χ2v) is 6.30. The van der Waals surface area contributed by atoms with E-state index in [0.717, 1.165) is 15.2 Å². The van der Waals surface area contributed by atoms with Crippen LogP contribution in [-0.2, 0) is 9.59 Å².